The number of nitrogens with zero attached hydrogens (tertiary/aromatic N) is 1. The Labute approximate surface area is 73.6 Å². The molecule has 0 bridgehead atoms. The van der Waals surface area contributed by atoms with E-state index in [9.17, 15) is 4.79 Å². The normalized spacial score (nSPS) is 9.92. The second kappa shape index (κ2) is 7.06. The zero-order valence-electron chi connectivity index (χ0n) is 7.88. The summed E-state index contributed by atoms with van der Waals surface area (Å²) in [6.07, 6.45) is 1.37. The fourth-order valence-electron chi connectivity index (χ4n) is 1.02. The minimum Gasteiger partial charge on any atom is -0.343 e. The molecule has 0 unspecified atom stereocenters. The van der Waals surface area contributed by atoms with E-state index in [4.69, 9.17) is 5.90 Å². The minimum atomic E-state index is 0.189. The van der Waals surface area contributed by atoms with Crippen molar-refractivity contribution in [3.63, 3.8) is 0 Å². The lowest BCUT2D eigenvalue weighted by molar-refractivity contribution is -0.130. The zero-order valence-corrected chi connectivity index (χ0v) is 7.88. The van der Waals surface area contributed by atoms with Crippen molar-refractivity contribution in [1.82, 2.24) is 4.90 Å². The van der Waals surface area contributed by atoms with Gasteiger partial charge in [-0.1, -0.05) is 6.92 Å². The molecule has 0 heterocycles. The summed E-state index contributed by atoms with van der Waals surface area (Å²) in [6.45, 7) is 5.84. The third kappa shape index (κ3) is 4.31. The van der Waals surface area contributed by atoms with Gasteiger partial charge in [0.25, 0.3) is 0 Å². The Bertz CT molecular complexity index is 128. The van der Waals surface area contributed by atoms with Crippen LogP contribution in [0.4, 0.5) is 0 Å². The highest BCUT2D eigenvalue weighted by molar-refractivity contribution is 5.75. The molecule has 4 heteroatoms. The molecular weight excluding hydrogens is 156 g/mol. The maximum atomic E-state index is 11.2. The number of carbonyl (C=O) groups is 1. The highest BCUT2D eigenvalue weighted by Gasteiger charge is 2.07. The molecule has 0 saturated heterocycles. The van der Waals surface area contributed by atoms with Gasteiger partial charge in [-0.15, -0.1) is 0 Å². The Kier molecular flexibility index (Phi) is 6.70. The van der Waals surface area contributed by atoms with Gasteiger partial charge in [0, 0.05) is 19.5 Å². The molecule has 0 aromatic rings. The van der Waals surface area contributed by atoms with Crippen LogP contribution in [-0.2, 0) is 9.63 Å². The standard InChI is InChI=1S/C8H18N2O2/c1-3-8(11)10(4-2)6-5-7-12-9/h3-7,9H2,1-2H3. The van der Waals surface area contributed by atoms with Crippen LogP contribution in [0.15, 0.2) is 0 Å². The van der Waals surface area contributed by atoms with Crippen molar-refractivity contribution in [1.29, 1.82) is 0 Å². The Morgan fingerprint density at radius 2 is 2.17 bits per heavy atom. The number of hydrogen-bond donors (Lipinski definition) is 1. The Morgan fingerprint density at radius 3 is 2.58 bits per heavy atom. The van der Waals surface area contributed by atoms with Gasteiger partial charge < -0.3 is 9.74 Å². The van der Waals surface area contributed by atoms with Gasteiger partial charge >= 0.3 is 0 Å². The quantitative estimate of drug-likeness (QED) is 0.472. The largest absolute Gasteiger partial charge is 0.343 e. The van der Waals surface area contributed by atoms with Crippen molar-refractivity contribution >= 4 is 5.91 Å². The Morgan fingerprint density at radius 1 is 1.50 bits per heavy atom. The second-order valence-electron chi connectivity index (χ2n) is 2.55. The highest BCUT2D eigenvalue weighted by atomic mass is 16.6. The summed E-state index contributed by atoms with van der Waals surface area (Å²) in [5.41, 5.74) is 0. The summed E-state index contributed by atoms with van der Waals surface area (Å²) in [4.78, 5) is 17.4. The summed E-state index contributed by atoms with van der Waals surface area (Å²) in [5.74, 6) is 5.05. The summed E-state index contributed by atoms with van der Waals surface area (Å²) in [5, 5.41) is 0. The molecule has 0 saturated carbocycles. The molecule has 0 aliphatic rings. The van der Waals surface area contributed by atoms with Crippen LogP contribution in [0.5, 0.6) is 0 Å². The monoisotopic (exact) mass is 174 g/mol. The molecule has 0 radical (unpaired) electrons. The molecule has 4 nitrogen and oxygen atoms in total. The lowest BCUT2D eigenvalue weighted by Crippen LogP contribution is -2.31. The van der Waals surface area contributed by atoms with Crippen molar-refractivity contribution in [2.75, 3.05) is 19.7 Å². The topological polar surface area (TPSA) is 55.6 Å². The first-order valence-corrected chi connectivity index (χ1v) is 4.35. The lowest BCUT2D eigenvalue weighted by Gasteiger charge is -2.19. The van der Waals surface area contributed by atoms with E-state index in [0.717, 1.165) is 19.5 Å². The summed E-state index contributed by atoms with van der Waals surface area (Å²) in [7, 11) is 0. The molecule has 12 heavy (non-hydrogen) atoms. The van der Waals surface area contributed by atoms with Crippen LogP contribution in [-0.4, -0.2) is 30.5 Å². The summed E-state index contributed by atoms with van der Waals surface area (Å²) >= 11 is 0. The van der Waals surface area contributed by atoms with Crippen LogP contribution < -0.4 is 5.90 Å². The van der Waals surface area contributed by atoms with Crippen molar-refractivity contribution in [3.8, 4) is 0 Å². The van der Waals surface area contributed by atoms with Crippen molar-refractivity contribution in [2.24, 2.45) is 5.90 Å². The van der Waals surface area contributed by atoms with Gasteiger partial charge in [0.05, 0.1) is 6.61 Å². The fraction of sp³-hybridized carbons (Fsp3) is 0.875. The van der Waals surface area contributed by atoms with Gasteiger partial charge in [-0.05, 0) is 13.3 Å². The van der Waals surface area contributed by atoms with E-state index >= 15 is 0 Å². The van der Waals surface area contributed by atoms with Gasteiger partial charge in [-0.2, -0.15) is 0 Å². The number of amides is 1. The van der Waals surface area contributed by atoms with Gasteiger partial charge in [-0.3, -0.25) is 4.79 Å². The predicted octanol–water partition coefficient (Wildman–Crippen LogP) is 0.525. The SMILES string of the molecule is CCC(=O)N(CC)CCCON. The van der Waals surface area contributed by atoms with Gasteiger partial charge in [0.15, 0.2) is 0 Å². The third-order valence-electron chi connectivity index (χ3n) is 1.73. The van der Waals surface area contributed by atoms with Crippen molar-refractivity contribution < 1.29 is 9.63 Å². The molecule has 72 valence electrons. The molecule has 1 amide bonds. The minimum absolute atomic E-state index is 0.189. The molecule has 0 rings (SSSR count). The van der Waals surface area contributed by atoms with Gasteiger partial charge in [0.1, 0.15) is 0 Å². The van der Waals surface area contributed by atoms with E-state index in [-0.39, 0.29) is 5.91 Å². The first-order valence-electron chi connectivity index (χ1n) is 4.35. The van der Waals surface area contributed by atoms with Crippen LogP contribution in [0.25, 0.3) is 0 Å². The maximum absolute atomic E-state index is 11.2. The zero-order chi connectivity index (χ0) is 9.40. The van der Waals surface area contributed by atoms with Crippen LogP contribution in [0.1, 0.15) is 26.7 Å². The number of carbonyl (C=O) groups excluding carboxylic acids is 1. The van der Waals surface area contributed by atoms with Crippen LogP contribution >= 0.6 is 0 Å². The Hall–Kier alpha value is -0.610. The number of hydrogen-bond acceptors (Lipinski definition) is 3. The average Bonchev–Trinajstić information content (AvgIpc) is 2.11. The molecule has 0 aliphatic heterocycles. The van der Waals surface area contributed by atoms with E-state index < -0.39 is 0 Å². The number of rotatable bonds is 6. The molecule has 0 aromatic heterocycles. The first kappa shape index (κ1) is 11.4. The van der Waals surface area contributed by atoms with Crippen LogP contribution in [0, 0.1) is 0 Å². The molecule has 0 atom stereocenters. The average molecular weight is 174 g/mol. The molecular formula is C8H18N2O2. The summed E-state index contributed by atoms with van der Waals surface area (Å²) < 4.78 is 0. The van der Waals surface area contributed by atoms with Crippen LogP contribution in [0.3, 0.4) is 0 Å². The number of nitrogens with two attached hydrogens (primary N) is 1. The van der Waals surface area contributed by atoms with Crippen molar-refractivity contribution in [3.05, 3.63) is 0 Å². The van der Waals surface area contributed by atoms with E-state index in [0.29, 0.717) is 13.0 Å². The molecule has 0 spiro atoms. The van der Waals surface area contributed by atoms with Crippen LogP contribution in [0.2, 0.25) is 0 Å². The highest BCUT2D eigenvalue weighted by Crippen LogP contribution is 1.95. The second-order valence-corrected chi connectivity index (χ2v) is 2.55. The van der Waals surface area contributed by atoms with E-state index in [1.165, 1.54) is 0 Å². The maximum Gasteiger partial charge on any atom is 0.222 e. The first-order chi connectivity index (χ1) is 5.76. The third-order valence-corrected chi connectivity index (χ3v) is 1.73. The lowest BCUT2D eigenvalue weighted by atomic mass is 10.3. The Balaban J connectivity index is 3.60. The van der Waals surface area contributed by atoms with Crippen molar-refractivity contribution in [2.45, 2.75) is 26.7 Å². The van der Waals surface area contributed by atoms with E-state index in [2.05, 4.69) is 4.84 Å². The molecule has 0 aliphatic carbocycles. The van der Waals surface area contributed by atoms with E-state index in [1.54, 1.807) is 4.90 Å². The van der Waals surface area contributed by atoms with Gasteiger partial charge in [-0.25, -0.2) is 5.90 Å². The smallest absolute Gasteiger partial charge is 0.222 e. The van der Waals surface area contributed by atoms with Gasteiger partial charge in [0.2, 0.25) is 5.91 Å². The summed E-state index contributed by atoms with van der Waals surface area (Å²) in [6, 6.07) is 0. The molecule has 0 aromatic carbocycles. The predicted molar refractivity (Wildman–Crippen MR) is 47.3 cm³/mol. The van der Waals surface area contributed by atoms with E-state index in [1.807, 2.05) is 13.8 Å². The molecule has 2 N–H and O–H groups in total. The molecule has 0 fully saturated rings. The fourth-order valence-corrected chi connectivity index (χ4v) is 1.02.